The van der Waals surface area contributed by atoms with Crippen LogP contribution in [0.15, 0.2) is 21.8 Å². The SMILES string of the molecule is COCC1=C(C(=O)O)N2C(=O)[C@@H](NC(=O)C(=NOC)c3csc(N)n3)[C@H]2SC1C(C)OC(=O)OC(C)C. The number of carboxylic acids is 1. The Morgan fingerprint density at radius 1 is 1.27 bits per heavy atom. The van der Waals surface area contributed by atoms with E-state index in [1.165, 1.54) is 19.6 Å². The normalized spacial score (nSPS) is 22.2. The molecule has 2 amide bonds. The molecule has 1 fully saturated rings. The average Bonchev–Trinajstić information content (AvgIpc) is 3.25. The van der Waals surface area contributed by atoms with E-state index in [1.807, 2.05) is 0 Å². The molecule has 16 heteroatoms. The molecule has 0 bridgehead atoms. The van der Waals surface area contributed by atoms with Gasteiger partial charge < -0.3 is 35.2 Å². The minimum atomic E-state index is -1.36. The predicted molar refractivity (Wildman–Crippen MR) is 133 cm³/mol. The van der Waals surface area contributed by atoms with Crippen molar-refractivity contribution in [2.24, 2.45) is 5.16 Å². The van der Waals surface area contributed by atoms with Crippen molar-refractivity contribution in [3.63, 3.8) is 0 Å². The molecule has 0 aliphatic carbocycles. The molecule has 37 heavy (non-hydrogen) atoms. The number of hydrogen-bond acceptors (Lipinski definition) is 13. The van der Waals surface area contributed by atoms with E-state index in [4.69, 9.17) is 24.8 Å². The number of carboxylic acid groups (broad SMARTS) is 1. The van der Waals surface area contributed by atoms with Crippen LogP contribution in [-0.4, -0.2) is 94.3 Å². The number of aromatic nitrogens is 1. The number of carbonyl (C=O) groups excluding carboxylic acids is 3. The van der Waals surface area contributed by atoms with Gasteiger partial charge in [0.25, 0.3) is 11.8 Å². The summed E-state index contributed by atoms with van der Waals surface area (Å²) in [7, 11) is 2.62. The van der Waals surface area contributed by atoms with Crippen molar-refractivity contribution in [3.05, 3.63) is 22.3 Å². The standard InChI is InChI=1S/C21H27N5O9S2/c1-8(2)34-21(31)35-9(3)15-10(6-32-4)14(19(29)30)26-17(28)13(18(26)37-15)24-16(27)12(25-33-5)11-7-36-20(22)23-11/h7-9,13,15,18H,6H2,1-5H3,(H2,22,23)(H,24,27)(H,29,30)/t9?,13-,15?,18-/m1/s1. The third kappa shape index (κ3) is 5.97. The van der Waals surface area contributed by atoms with Crippen LogP contribution in [0.2, 0.25) is 0 Å². The Kier molecular flexibility index (Phi) is 8.98. The van der Waals surface area contributed by atoms with Crippen molar-refractivity contribution in [2.75, 3.05) is 26.6 Å². The van der Waals surface area contributed by atoms with Crippen molar-refractivity contribution in [3.8, 4) is 0 Å². The highest BCUT2D eigenvalue weighted by molar-refractivity contribution is 8.01. The maximum atomic E-state index is 13.0. The van der Waals surface area contributed by atoms with Crippen LogP contribution in [0.25, 0.3) is 0 Å². The lowest BCUT2D eigenvalue weighted by Gasteiger charge is -2.51. The van der Waals surface area contributed by atoms with Gasteiger partial charge in [0, 0.05) is 18.1 Å². The lowest BCUT2D eigenvalue weighted by atomic mass is 9.98. The topological polar surface area (TPSA) is 192 Å². The number of hydrogen-bond donors (Lipinski definition) is 3. The molecule has 3 rings (SSSR count). The fourth-order valence-corrected chi connectivity index (χ4v) is 5.91. The van der Waals surface area contributed by atoms with Gasteiger partial charge in [0.1, 0.15) is 36.0 Å². The van der Waals surface area contributed by atoms with Gasteiger partial charge in [-0.25, -0.2) is 14.6 Å². The molecule has 0 saturated carbocycles. The van der Waals surface area contributed by atoms with E-state index < -0.39 is 52.8 Å². The van der Waals surface area contributed by atoms with E-state index in [0.29, 0.717) is 0 Å². The highest BCUT2D eigenvalue weighted by atomic mass is 32.2. The first kappa shape index (κ1) is 28.2. The number of β-lactam (4-membered cyclic amide) rings is 1. The molecule has 2 aliphatic rings. The van der Waals surface area contributed by atoms with Crippen LogP contribution >= 0.6 is 23.1 Å². The summed E-state index contributed by atoms with van der Waals surface area (Å²) >= 11 is 2.24. The van der Waals surface area contributed by atoms with E-state index in [2.05, 4.69) is 15.5 Å². The Balaban J connectivity index is 1.89. The van der Waals surface area contributed by atoms with Crippen LogP contribution in [0, 0.1) is 0 Å². The summed E-state index contributed by atoms with van der Waals surface area (Å²) < 4.78 is 15.6. The Bertz CT molecular complexity index is 1140. The number of methoxy groups -OCH3 is 1. The minimum Gasteiger partial charge on any atom is -0.477 e. The molecule has 14 nitrogen and oxygen atoms in total. The number of thioether (sulfide) groups is 1. The molecule has 4 atom stereocenters. The van der Waals surface area contributed by atoms with E-state index >= 15 is 0 Å². The lowest BCUT2D eigenvalue weighted by Crippen LogP contribution is -2.72. The average molecular weight is 558 g/mol. The van der Waals surface area contributed by atoms with Crippen LogP contribution in [0.3, 0.4) is 0 Å². The lowest BCUT2D eigenvalue weighted by molar-refractivity contribution is -0.150. The molecule has 0 aromatic carbocycles. The molecular formula is C21H27N5O9S2. The Hall–Kier alpha value is -3.37. The van der Waals surface area contributed by atoms with Gasteiger partial charge in [0.2, 0.25) is 0 Å². The number of nitrogens with one attached hydrogen (secondary N) is 1. The number of fused-ring (bicyclic) bond motifs is 1. The molecule has 3 heterocycles. The summed E-state index contributed by atoms with van der Waals surface area (Å²) in [5, 5.41) is 16.4. The van der Waals surface area contributed by atoms with Crippen molar-refractivity contribution in [1.82, 2.24) is 15.2 Å². The van der Waals surface area contributed by atoms with Gasteiger partial charge in [-0.05, 0) is 20.8 Å². The molecule has 202 valence electrons. The Morgan fingerprint density at radius 3 is 2.51 bits per heavy atom. The minimum absolute atomic E-state index is 0.129. The van der Waals surface area contributed by atoms with Crippen molar-refractivity contribution < 1.29 is 43.3 Å². The number of carbonyl (C=O) groups is 4. The van der Waals surface area contributed by atoms with E-state index in [-0.39, 0.29) is 34.4 Å². The summed E-state index contributed by atoms with van der Waals surface area (Å²) in [5.74, 6) is -2.77. The van der Waals surface area contributed by atoms with Crippen LogP contribution in [-0.2, 0) is 33.4 Å². The summed E-state index contributed by atoms with van der Waals surface area (Å²) in [4.78, 5) is 60.2. The molecule has 1 aromatic rings. The van der Waals surface area contributed by atoms with Gasteiger partial charge >= 0.3 is 12.1 Å². The number of anilines is 1. The first-order chi connectivity index (χ1) is 17.5. The number of nitrogens with two attached hydrogens (primary N) is 1. The van der Waals surface area contributed by atoms with Crippen LogP contribution in [0.5, 0.6) is 0 Å². The Morgan fingerprint density at radius 2 is 1.97 bits per heavy atom. The number of nitrogen functional groups attached to an aromatic ring is 1. The zero-order valence-corrected chi connectivity index (χ0v) is 22.3. The molecule has 1 aromatic heterocycles. The van der Waals surface area contributed by atoms with E-state index in [0.717, 1.165) is 28.0 Å². The first-order valence-electron chi connectivity index (χ1n) is 10.9. The maximum Gasteiger partial charge on any atom is 0.508 e. The molecule has 2 unspecified atom stereocenters. The predicted octanol–water partition coefficient (Wildman–Crippen LogP) is 0.780. The highest BCUT2D eigenvalue weighted by Gasteiger charge is 2.57. The highest BCUT2D eigenvalue weighted by Crippen LogP contribution is 2.46. The quantitative estimate of drug-likeness (QED) is 0.159. The number of aliphatic carboxylic acids is 1. The summed E-state index contributed by atoms with van der Waals surface area (Å²) in [6, 6.07) is -1.11. The number of oxime groups is 1. The number of nitrogens with zero attached hydrogens (tertiary/aromatic N) is 3. The molecular weight excluding hydrogens is 530 g/mol. The fourth-order valence-electron chi connectivity index (χ4n) is 3.77. The molecule has 2 aliphatic heterocycles. The van der Waals surface area contributed by atoms with Gasteiger partial charge in [-0.2, -0.15) is 0 Å². The molecule has 1 saturated heterocycles. The summed E-state index contributed by atoms with van der Waals surface area (Å²) in [6.07, 6.45) is -2.19. The number of amides is 2. The number of rotatable bonds is 10. The van der Waals surface area contributed by atoms with Crippen molar-refractivity contribution >= 4 is 57.9 Å². The van der Waals surface area contributed by atoms with Gasteiger partial charge in [-0.1, -0.05) is 5.16 Å². The van der Waals surface area contributed by atoms with Crippen LogP contribution in [0.1, 0.15) is 26.5 Å². The van der Waals surface area contributed by atoms with Crippen LogP contribution < -0.4 is 11.1 Å². The van der Waals surface area contributed by atoms with Crippen molar-refractivity contribution in [1.29, 1.82) is 0 Å². The molecule has 4 N–H and O–H groups in total. The first-order valence-corrected chi connectivity index (χ1v) is 12.8. The van der Waals surface area contributed by atoms with Crippen LogP contribution in [0.4, 0.5) is 9.93 Å². The smallest absolute Gasteiger partial charge is 0.477 e. The van der Waals surface area contributed by atoms with Gasteiger partial charge in [0.15, 0.2) is 10.8 Å². The third-order valence-electron chi connectivity index (χ3n) is 5.21. The largest absolute Gasteiger partial charge is 0.508 e. The number of thiazole rings is 1. The zero-order valence-electron chi connectivity index (χ0n) is 20.6. The fraction of sp³-hybridized carbons (Fsp3) is 0.524. The summed E-state index contributed by atoms with van der Waals surface area (Å²) in [6.45, 7) is 4.77. The van der Waals surface area contributed by atoms with E-state index in [1.54, 1.807) is 20.8 Å². The number of ether oxygens (including phenoxy) is 3. The third-order valence-corrected chi connectivity index (χ3v) is 7.61. The monoisotopic (exact) mass is 557 g/mol. The van der Waals surface area contributed by atoms with E-state index in [9.17, 15) is 24.3 Å². The van der Waals surface area contributed by atoms with Crippen molar-refractivity contribution in [2.45, 2.75) is 49.6 Å². The molecule has 0 spiro atoms. The second-order valence-electron chi connectivity index (χ2n) is 8.15. The summed E-state index contributed by atoms with van der Waals surface area (Å²) in [5.41, 5.74) is 5.55. The molecule has 0 radical (unpaired) electrons. The van der Waals surface area contributed by atoms with Gasteiger partial charge in [0.05, 0.1) is 18.0 Å². The maximum absolute atomic E-state index is 13.0. The second kappa shape index (κ2) is 11.8. The zero-order chi connectivity index (χ0) is 27.4. The van der Waals surface area contributed by atoms with Gasteiger partial charge in [-0.15, -0.1) is 23.1 Å². The second-order valence-corrected chi connectivity index (χ2v) is 10.3. The Labute approximate surface area is 220 Å². The van der Waals surface area contributed by atoms with Gasteiger partial charge in [-0.3, -0.25) is 14.5 Å².